The summed E-state index contributed by atoms with van der Waals surface area (Å²) >= 11 is 4.77. The predicted octanol–water partition coefficient (Wildman–Crippen LogP) is 1.36. The van der Waals surface area contributed by atoms with E-state index in [0.717, 1.165) is 0 Å². The Kier molecular flexibility index (Phi) is 3.24. The van der Waals surface area contributed by atoms with Crippen LogP contribution in [-0.2, 0) is 0 Å². The summed E-state index contributed by atoms with van der Waals surface area (Å²) in [5, 5.41) is 4.10. The van der Waals surface area contributed by atoms with E-state index >= 15 is 0 Å². The molecule has 0 aliphatic carbocycles. The minimum atomic E-state index is -0.522. The zero-order valence-electron chi connectivity index (χ0n) is 9.85. The molecule has 0 spiro atoms. The van der Waals surface area contributed by atoms with Crippen molar-refractivity contribution in [3.8, 4) is 11.4 Å². The van der Waals surface area contributed by atoms with Crippen molar-refractivity contribution < 1.29 is 9.13 Å². The number of aromatic nitrogens is 3. The summed E-state index contributed by atoms with van der Waals surface area (Å²) < 4.78 is 20.4. The molecule has 1 heterocycles. The number of nitrogens with zero attached hydrogens (tertiary/aromatic N) is 3. The van der Waals surface area contributed by atoms with E-state index in [0.29, 0.717) is 17.3 Å². The molecule has 0 aliphatic rings. The van der Waals surface area contributed by atoms with Gasteiger partial charge in [-0.15, -0.1) is 0 Å². The molecular formula is C11H11FN4OS. The van der Waals surface area contributed by atoms with E-state index in [2.05, 4.69) is 10.1 Å². The van der Waals surface area contributed by atoms with Gasteiger partial charge in [0, 0.05) is 11.6 Å². The third-order valence-electron chi connectivity index (χ3n) is 2.39. The number of nitrogens with two attached hydrogens (primary N) is 1. The van der Waals surface area contributed by atoms with Crippen LogP contribution in [0.4, 0.5) is 4.39 Å². The molecule has 1 aromatic heterocycles. The number of rotatable bonds is 3. The average molecular weight is 266 g/mol. The van der Waals surface area contributed by atoms with Gasteiger partial charge in [-0.1, -0.05) is 12.2 Å². The fraction of sp³-hybridized carbons (Fsp3) is 0.182. The molecule has 0 saturated heterocycles. The molecule has 0 atom stereocenters. The van der Waals surface area contributed by atoms with Crippen molar-refractivity contribution in [1.82, 2.24) is 14.8 Å². The largest absolute Gasteiger partial charge is 0.494 e. The molecule has 0 amide bonds. The average Bonchev–Trinajstić information content (AvgIpc) is 2.75. The molecule has 2 aromatic rings. The molecular weight excluding hydrogens is 255 g/mol. The molecule has 0 fully saturated rings. The van der Waals surface area contributed by atoms with Crippen LogP contribution in [0, 0.1) is 12.7 Å². The predicted molar refractivity (Wildman–Crippen MR) is 68.5 cm³/mol. The Morgan fingerprint density at radius 1 is 1.50 bits per heavy atom. The molecule has 2 rings (SSSR count). The van der Waals surface area contributed by atoms with Crippen LogP contribution in [0.1, 0.15) is 11.4 Å². The molecule has 0 radical (unpaired) electrons. The topological polar surface area (TPSA) is 66.0 Å². The van der Waals surface area contributed by atoms with Crippen molar-refractivity contribution in [2.75, 3.05) is 7.11 Å². The molecule has 0 saturated carbocycles. The number of thiocarbonyl (C=S) groups is 1. The third-order valence-corrected chi connectivity index (χ3v) is 2.61. The van der Waals surface area contributed by atoms with Crippen LogP contribution in [0.2, 0.25) is 0 Å². The quantitative estimate of drug-likeness (QED) is 0.850. The highest BCUT2D eigenvalue weighted by Gasteiger charge is 2.14. The van der Waals surface area contributed by atoms with Gasteiger partial charge in [0.2, 0.25) is 0 Å². The van der Waals surface area contributed by atoms with E-state index in [1.807, 2.05) is 0 Å². The fourth-order valence-corrected chi connectivity index (χ4v) is 1.69. The van der Waals surface area contributed by atoms with Crippen molar-refractivity contribution in [1.29, 1.82) is 0 Å². The maximum absolute atomic E-state index is 13.8. The monoisotopic (exact) mass is 266 g/mol. The molecule has 0 unspecified atom stereocenters. The van der Waals surface area contributed by atoms with Gasteiger partial charge < -0.3 is 10.5 Å². The van der Waals surface area contributed by atoms with E-state index in [-0.39, 0.29) is 10.6 Å². The zero-order chi connectivity index (χ0) is 13.3. The maximum atomic E-state index is 13.8. The number of hydrogen-bond donors (Lipinski definition) is 1. The molecule has 0 aliphatic heterocycles. The lowest BCUT2D eigenvalue weighted by atomic mass is 10.1. The van der Waals surface area contributed by atoms with Gasteiger partial charge in [0.15, 0.2) is 0 Å². The van der Waals surface area contributed by atoms with Gasteiger partial charge in [-0.25, -0.2) is 14.1 Å². The second kappa shape index (κ2) is 4.69. The van der Waals surface area contributed by atoms with Gasteiger partial charge in [0.1, 0.15) is 34.4 Å². The molecule has 1 aromatic carbocycles. The van der Waals surface area contributed by atoms with E-state index in [4.69, 9.17) is 22.7 Å². The molecule has 5 nitrogen and oxygen atoms in total. The number of benzene rings is 1. The van der Waals surface area contributed by atoms with E-state index in [1.165, 1.54) is 30.3 Å². The highest BCUT2D eigenvalue weighted by atomic mass is 32.1. The lowest BCUT2D eigenvalue weighted by Crippen LogP contribution is -2.13. The first-order valence-corrected chi connectivity index (χ1v) is 5.49. The SMILES string of the molecule is COc1cc(C(N)=S)c(F)cc1-n1cnc(C)n1. The lowest BCUT2D eigenvalue weighted by Gasteiger charge is -2.10. The van der Waals surface area contributed by atoms with Gasteiger partial charge in [-0.3, -0.25) is 0 Å². The highest BCUT2D eigenvalue weighted by Crippen LogP contribution is 2.26. The van der Waals surface area contributed by atoms with Crippen molar-refractivity contribution >= 4 is 17.2 Å². The number of methoxy groups -OCH3 is 1. The van der Waals surface area contributed by atoms with Crippen LogP contribution in [-0.4, -0.2) is 26.9 Å². The Morgan fingerprint density at radius 3 is 2.72 bits per heavy atom. The first-order valence-electron chi connectivity index (χ1n) is 5.09. The van der Waals surface area contributed by atoms with Crippen LogP contribution < -0.4 is 10.5 Å². The highest BCUT2D eigenvalue weighted by molar-refractivity contribution is 7.80. The zero-order valence-corrected chi connectivity index (χ0v) is 10.7. The summed E-state index contributed by atoms with van der Waals surface area (Å²) in [7, 11) is 1.48. The summed E-state index contributed by atoms with van der Waals surface area (Å²) in [4.78, 5) is 3.96. The standard InChI is InChI=1S/C11H11FN4OS/c1-6-14-5-16(15-6)9-4-8(12)7(11(13)18)3-10(9)17-2/h3-5H,1-2H3,(H2,13,18). The Morgan fingerprint density at radius 2 is 2.22 bits per heavy atom. The minimum Gasteiger partial charge on any atom is -0.494 e. The Balaban J connectivity index is 2.61. The molecule has 2 N–H and O–H groups in total. The molecule has 0 bridgehead atoms. The summed E-state index contributed by atoms with van der Waals surface area (Å²) in [5.74, 6) is 0.478. The summed E-state index contributed by atoms with van der Waals surface area (Å²) in [6.45, 7) is 1.74. The number of halogens is 1. The molecule has 18 heavy (non-hydrogen) atoms. The summed E-state index contributed by atoms with van der Waals surface area (Å²) in [5.41, 5.74) is 6.01. The van der Waals surface area contributed by atoms with E-state index in [9.17, 15) is 4.39 Å². The first kappa shape index (κ1) is 12.4. The smallest absolute Gasteiger partial charge is 0.147 e. The number of aryl methyl sites for hydroxylation is 1. The van der Waals surface area contributed by atoms with Gasteiger partial charge in [-0.2, -0.15) is 5.10 Å². The van der Waals surface area contributed by atoms with Gasteiger partial charge in [-0.05, 0) is 13.0 Å². The van der Waals surface area contributed by atoms with Gasteiger partial charge >= 0.3 is 0 Å². The second-order valence-corrected chi connectivity index (χ2v) is 4.04. The Labute approximate surface area is 108 Å². The van der Waals surface area contributed by atoms with Crippen LogP contribution in [0.25, 0.3) is 5.69 Å². The summed E-state index contributed by atoms with van der Waals surface area (Å²) in [6.07, 6.45) is 1.48. The van der Waals surface area contributed by atoms with Crippen LogP contribution >= 0.6 is 12.2 Å². The van der Waals surface area contributed by atoms with Crippen LogP contribution in [0.3, 0.4) is 0 Å². The molecule has 7 heteroatoms. The lowest BCUT2D eigenvalue weighted by molar-refractivity contribution is 0.410. The third kappa shape index (κ3) is 2.17. The van der Waals surface area contributed by atoms with Crippen molar-refractivity contribution in [2.45, 2.75) is 6.92 Å². The maximum Gasteiger partial charge on any atom is 0.147 e. The Hall–Kier alpha value is -2.02. The van der Waals surface area contributed by atoms with Crippen LogP contribution in [0.5, 0.6) is 5.75 Å². The Bertz CT molecular complexity index is 611. The molecule has 94 valence electrons. The second-order valence-electron chi connectivity index (χ2n) is 3.60. The van der Waals surface area contributed by atoms with Crippen molar-refractivity contribution in [3.63, 3.8) is 0 Å². The van der Waals surface area contributed by atoms with E-state index < -0.39 is 5.82 Å². The number of hydrogen-bond acceptors (Lipinski definition) is 4. The van der Waals surface area contributed by atoms with Gasteiger partial charge in [0.05, 0.1) is 7.11 Å². The van der Waals surface area contributed by atoms with E-state index in [1.54, 1.807) is 6.92 Å². The first-order chi connectivity index (χ1) is 8.52. The van der Waals surface area contributed by atoms with Crippen molar-refractivity contribution in [2.24, 2.45) is 5.73 Å². The summed E-state index contributed by atoms with van der Waals surface area (Å²) in [6, 6.07) is 2.71. The fourth-order valence-electron chi connectivity index (χ4n) is 1.54. The van der Waals surface area contributed by atoms with Crippen LogP contribution in [0.15, 0.2) is 18.5 Å². The van der Waals surface area contributed by atoms with Gasteiger partial charge in [0.25, 0.3) is 0 Å². The van der Waals surface area contributed by atoms with Crippen molar-refractivity contribution in [3.05, 3.63) is 35.7 Å². The number of ether oxygens (including phenoxy) is 1. The normalized spacial score (nSPS) is 10.4. The minimum absolute atomic E-state index is 0.0212.